The van der Waals surface area contributed by atoms with Gasteiger partial charge in [-0.1, -0.05) is 0 Å². The molecule has 0 aliphatic carbocycles. The van der Waals surface area contributed by atoms with Crippen molar-refractivity contribution in [3.63, 3.8) is 0 Å². The van der Waals surface area contributed by atoms with E-state index in [0.29, 0.717) is 0 Å². The summed E-state index contributed by atoms with van der Waals surface area (Å²) in [6.07, 6.45) is -29.4. The van der Waals surface area contributed by atoms with E-state index in [2.05, 4.69) is 30.6 Å². The van der Waals surface area contributed by atoms with Crippen LogP contribution in [-0.2, 0) is 88.3 Å². The smallest absolute Gasteiger partial charge is 0.571 e. The minimum absolute atomic E-state index is 0. The van der Waals surface area contributed by atoms with Crippen molar-refractivity contribution >= 4 is 0 Å². The molecule has 0 saturated carbocycles. The van der Waals surface area contributed by atoms with E-state index in [1.54, 1.807) is 0 Å². The van der Waals surface area contributed by atoms with Crippen molar-refractivity contribution in [1.82, 2.24) is 30.6 Å². The first kappa shape index (κ1) is 44.4. The summed E-state index contributed by atoms with van der Waals surface area (Å²) < 4.78 is 211. The molecule has 0 bridgehead atoms. The molecule has 0 saturated heterocycles. The van der Waals surface area contributed by atoms with E-state index >= 15 is 0 Å². The van der Waals surface area contributed by atoms with Crippen molar-refractivity contribution in [2.75, 3.05) is 0 Å². The first-order chi connectivity index (χ1) is 17.1. The Hall–Kier alpha value is -2.07. The average molecular weight is 800 g/mol. The van der Waals surface area contributed by atoms with E-state index in [1.807, 2.05) is 0 Å². The summed E-state index contributed by atoms with van der Waals surface area (Å²) in [5, 5.41) is 14.2. The molecule has 0 amide bonds. The summed E-state index contributed by atoms with van der Waals surface area (Å²) in [6, 6.07) is -0.417. The number of halogens is 18. The van der Waals surface area contributed by atoms with Crippen molar-refractivity contribution in [3.05, 3.63) is 52.4 Å². The fraction of sp³-hybridized carbons (Fsp3) is 0.400. The predicted octanol–water partition coefficient (Wildman–Crippen LogP) is 6.22. The molecule has 0 atom stereocenters. The molecule has 0 aliphatic rings. The number of alkyl halides is 18. The van der Waals surface area contributed by atoms with Gasteiger partial charge in [0.15, 0.2) is 0 Å². The standard InChI is InChI=1S/3C5HF6N2.3Cu/c3*6-4(7,8)2-1-3(13-12-2)5(9,10)11;;;/h3*1H;;;/q3*-1;3*+1. The molecule has 42 heavy (non-hydrogen) atoms. The molecule has 0 fully saturated rings. The van der Waals surface area contributed by atoms with Crippen LogP contribution in [0, 0.1) is 0 Å². The zero-order valence-electron chi connectivity index (χ0n) is 18.1. The van der Waals surface area contributed by atoms with Gasteiger partial charge in [-0.05, 0) is 35.3 Å². The number of aromatic nitrogens is 6. The Morgan fingerprint density at radius 1 is 0.333 bits per heavy atom. The van der Waals surface area contributed by atoms with Crippen molar-refractivity contribution < 1.29 is 130 Å². The Labute approximate surface area is 250 Å². The van der Waals surface area contributed by atoms with Gasteiger partial charge in [0.25, 0.3) is 0 Å². The first-order valence-electron chi connectivity index (χ1n) is 8.58. The number of hydrogen-bond donors (Lipinski definition) is 0. The Bertz CT molecular complexity index is 962. The van der Waals surface area contributed by atoms with Gasteiger partial charge in [-0.15, -0.1) is 0 Å². The van der Waals surface area contributed by atoms with E-state index in [4.69, 9.17) is 0 Å². The average Bonchev–Trinajstić information content (AvgIpc) is 3.45. The molecule has 0 aromatic carbocycles. The zero-order chi connectivity index (χ0) is 30.8. The third kappa shape index (κ3) is 13.9. The molecule has 6 nitrogen and oxygen atoms in total. The second kappa shape index (κ2) is 15.1. The second-order valence-corrected chi connectivity index (χ2v) is 6.33. The van der Waals surface area contributed by atoms with Gasteiger partial charge in [0.2, 0.25) is 0 Å². The number of nitrogens with zero attached hydrogens (tertiary/aromatic N) is 6. The van der Waals surface area contributed by atoms with Crippen LogP contribution in [0.1, 0.15) is 34.2 Å². The molecule has 3 aromatic heterocycles. The zero-order valence-corrected chi connectivity index (χ0v) is 20.9. The van der Waals surface area contributed by atoms with Gasteiger partial charge in [0.1, 0.15) is 17.1 Å². The molecule has 0 aliphatic heterocycles. The molecular weight excluding hydrogens is 797 g/mol. The van der Waals surface area contributed by atoms with Gasteiger partial charge in [-0.3, -0.25) is 0 Å². The van der Waals surface area contributed by atoms with Crippen molar-refractivity contribution in [2.24, 2.45) is 0 Å². The van der Waals surface area contributed by atoms with Crippen LogP contribution in [-0.4, -0.2) is 15.3 Å². The summed E-state index contributed by atoms with van der Waals surface area (Å²) >= 11 is 0. The molecule has 0 spiro atoms. The molecular formula is C15H3Cu3F18N6. The molecule has 3 rings (SSSR count). The van der Waals surface area contributed by atoms with Crippen LogP contribution >= 0.6 is 0 Å². The van der Waals surface area contributed by atoms with Gasteiger partial charge in [-0.2, -0.15) is 79.0 Å². The fourth-order valence-corrected chi connectivity index (χ4v) is 1.72. The summed E-state index contributed by atoms with van der Waals surface area (Å²) in [4.78, 5) is 0. The van der Waals surface area contributed by atoms with Crippen LogP contribution in [0.2, 0.25) is 0 Å². The van der Waals surface area contributed by atoms with Crippen LogP contribution in [0.3, 0.4) is 0 Å². The minimum atomic E-state index is -4.89. The monoisotopic (exact) mass is 798 g/mol. The maximum atomic E-state index is 11.7. The second-order valence-electron chi connectivity index (χ2n) is 6.33. The predicted molar refractivity (Wildman–Crippen MR) is 82.7 cm³/mol. The third-order valence-corrected chi connectivity index (χ3v) is 3.36. The van der Waals surface area contributed by atoms with Crippen molar-refractivity contribution in [1.29, 1.82) is 0 Å². The Morgan fingerprint density at radius 3 is 0.571 bits per heavy atom. The molecule has 0 N–H and O–H groups in total. The van der Waals surface area contributed by atoms with Gasteiger partial charge in [0, 0.05) is 0 Å². The van der Waals surface area contributed by atoms with E-state index in [9.17, 15) is 79.0 Å². The fourth-order valence-electron chi connectivity index (χ4n) is 1.72. The van der Waals surface area contributed by atoms with Crippen LogP contribution in [0.5, 0.6) is 0 Å². The molecule has 0 radical (unpaired) electrons. The molecule has 3 aromatic rings. The van der Waals surface area contributed by atoms with Crippen molar-refractivity contribution in [3.8, 4) is 0 Å². The van der Waals surface area contributed by atoms with E-state index in [1.165, 1.54) is 0 Å². The van der Waals surface area contributed by atoms with E-state index in [-0.39, 0.29) is 69.4 Å². The molecule has 0 unspecified atom stereocenters. The maximum Gasteiger partial charge on any atom is 1.00 e. The van der Waals surface area contributed by atoms with Crippen LogP contribution < -0.4 is 15.3 Å². The Kier molecular flexibility index (Phi) is 15.9. The summed E-state index contributed by atoms with van der Waals surface area (Å²) in [7, 11) is 0. The quantitative estimate of drug-likeness (QED) is 0.199. The molecule has 27 heteroatoms. The topological polar surface area (TPSA) is 81.0 Å². The third-order valence-electron chi connectivity index (χ3n) is 3.36. The number of rotatable bonds is 0. The Morgan fingerprint density at radius 2 is 0.500 bits per heavy atom. The van der Waals surface area contributed by atoms with Gasteiger partial charge < -0.3 is 30.6 Å². The minimum Gasteiger partial charge on any atom is -0.571 e. The largest absolute Gasteiger partial charge is 1.00 e. The van der Waals surface area contributed by atoms with Crippen molar-refractivity contribution in [2.45, 2.75) is 37.1 Å². The first-order valence-corrected chi connectivity index (χ1v) is 8.58. The summed E-state index contributed by atoms with van der Waals surface area (Å²) in [6.45, 7) is 0. The van der Waals surface area contributed by atoms with E-state index in [0.717, 1.165) is 0 Å². The Balaban J connectivity index is -0.000000524. The maximum absolute atomic E-state index is 11.7. The summed E-state index contributed by atoms with van der Waals surface area (Å²) in [5.41, 5.74) is -9.83. The normalized spacial score (nSPS) is 12.4. The van der Waals surface area contributed by atoms with Crippen LogP contribution in [0.4, 0.5) is 79.0 Å². The summed E-state index contributed by atoms with van der Waals surface area (Å²) in [5.74, 6) is 0. The molecule has 252 valence electrons. The van der Waals surface area contributed by atoms with Crippen LogP contribution in [0.25, 0.3) is 0 Å². The number of hydrogen-bond acceptors (Lipinski definition) is 3. The van der Waals surface area contributed by atoms with Gasteiger partial charge in [-0.25, -0.2) is 0 Å². The SMILES string of the molecule is FC(F)(F)c1cc(C(F)(F)F)[n-]n1.FC(F)(F)c1cc(C(F)(F)F)[n-]n1.FC(F)(F)c1cc(C(F)(F)F)[n-]n1.[Cu+].[Cu+].[Cu+]. The molecule has 3 heterocycles. The van der Waals surface area contributed by atoms with Gasteiger partial charge >= 0.3 is 88.3 Å². The van der Waals surface area contributed by atoms with Gasteiger partial charge in [0.05, 0.1) is 0 Å². The van der Waals surface area contributed by atoms with E-state index < -0.39 is 71.2 Å². The van der Waals surface area contributed by atoms with Crippen LogP contribution in [0.15, 0.2) is 18.2 Å².